The molecule has 0 saturated heterocycles. The van der Waals surface area contributed by atoms with Crippen molar-refractivity contribution in [1.29, 1.82) is 0 Å². The Kier molecular flexibility index (Phi) is 4.63. The maximum atomic E-state index is 11.9. The highest BCUT2D eigenvalue weighted by Gasteiger charge is 2.08. The second-order valence-electron chi connectivity index (χ2n) is 4.48. The first-order valence-electron chi connectivity index (χ1n) is 6.20. The maximum absolute atomic E-state index is 11.9. The SMILES string of the molecule is Cc1cc(Br)cc(N)c1NC(=O)NCc1ccccc1. The van der Waals surface area contributed by atoms with Gasteiger partial charge in [-0.3, -0.25) is 0 Å². The lowest BCUT2D eigenvalue weighted by molar-refractivity contribution is 0.251. The number of rotatable bonds is 3. The molecule has 2 aromatic rings. The summed E-state index contributed by atoms with van der Waals surface area (Å²) in [6.07, 6.45) is 0. The van der Waals surface area contributed by atoms with Crippen molar-refractivity contribution in [2.45, 2.75) is 13.5 Å². The number of hydrogen-bond donors (Lipinski definition) is 3. The van der Waals surface area contributed by atoms with Crippen LogP contribution in [0.5, 0.6) is 0 Å². The summed E-state index contributed by atoms with van der Waals surface area (Å²) in [6.45, 7) is 2.37. The number of benzene rings is 2. The van der Waals surface area contributed by atoms with Crippen LogP contribution in [0.4, 0.5) is 16.2 Å². The van der Waals surface area contributed by atoms with Crippen molar-refractivity contribution < 1.29 is 4.79 Å². The molecule has 2 amide bonds. The molecule has 5 heteroatoms. The molecule has 0 heterocycles. The minimum absolute atomic E-state index is 0.272. The summed E-state index contributed by atoms with van der Waals surface area (Å²) in [7, 11) is 0. The van der Waals surface area contributed by atoms with E-state index in [2.05, 4.69) is 26.6 Å². The molecule has 104 valence electrons. The van der Waals surface area contributed by atoms with Gasteiger partial charge in [-0.2, -0.15) is 0 Å². The van der Waals surface area contributed by atoms with E-state index in [-0.39, 0.29) is 6.03 Å². The van der Waals surface area contributed by atoms with Crippen LogP contribution in [0.25, 0.3) is 0 Å². The number of hydrogen-bond acceptors (Lipinski definition) is 2. The molecule has 2 aromatic carbocycles. The third-order valence-corrected chi connectivity index (χ3v) is 3.32. The number of aryl methyl sites for hydroxylation is 1. The third kappa shape index (κ3) is 3.74. The van der Waals surface area contributed by atoms with Gasteiger partial charge in [-0.05, 0) is 30.2 Å². The largest absolute Gasteiger partial charge is 0.397 e. The number of nitrogens with one attached hydrogen (secondary N) is 2. The Hall–Kier alpha value is -2.01. The molecule has 0 aromatic heterocycles. The van der Waals surface area contributed by atoms with Crippen molar-refractivity contribution in [3.05, 3.63) is 58.1 Å². The standard InChI is InChI=1S/C15H16BrN3O/c1-10-7-12(16)8-13(17)14(10)19-15(20)18-9-11-5-3-2-4-6-11/h2-8H,9,17H2,1H3,(H2,18,19,20). The topological polar surface area (TPSA) is 67.1 Å². The van der Waals surface area contributed by atoms with Gasteiger partial charge in [0.25, 0.3) is 0 Å². The van der Waals surface area contributed by atoms with E-state index in [1.807, 2.05) is 43.3 Å². The molecule has 2 rings (SSSR count). The summed E-state index contributed by atoms with van der Waals surface area (Å²) in [5.41, 5.74) is 9.03. The average molecular weight is 334 g/mol. The Balaban J connectivity index is 1.98. The van der Waals surface area contributed by atoms with E-state index < -0.39 is 0 Å². The molecule has 0 unspecified atom stereocenters. The fourth-order valence-corrected chi connectivity index (χ4v) is 2.47. The van der Waals surface area contributed by atoms with Crippen molar-refractivity contribution in [1.82, 2.24) is 5.32 Å². The van der Waals surface area contributed by atoms with Gasteiger partial charge in [0.2, 0.25) is 0 Å². The van der Waals surface area contributed by atoms with Crippen LogP contribution in [0.15, 0.2) is 46.9 Å². The number of halogens is 1. The van der Waals surface area contributed by atoms with Crippen LogP contribution >= 0.6 is 15.9 Å². The lowest BCUT2D eigenvalue weighted by atomic mass is 10.1. The molecular weight excluding hydrogens is 318 g/mol. The zero-order valence-corrected chi connectivity index (χ0v) is 12.7. The number of nitrogen functional groups attached to an aromatic ring is 1. The van der Waals surface area contributed by atoms with Crippen molar-refractivity contribution in [3.8, 4) is 0 Å². The highest BCUT2D eigenvalue weighted by Crippen LogP contribution is 2.27. The molecular formula is C15H16BrN3O. The summed E-state index contributed by atoms with van der Waals surface area (Å²) >= 11 is 3.37. The Morgan fingerprint density at radius 2 is 1.95 bits per heavy atom. The minimum atomic E-state index is -0.272. The second kappa shape index (κ2) is 6.43. The van der Waals surface area contributed by atoms with Crippen molar-refractivity contribution in [2.75, 3.05) is 11.1 Å². The second-order valence-corrected chi connectivity index (χ2v) is 5.40. The quantitative estimate of drug-likeness (QED) is 0.750. The summed E-state index contributed by atoms with van der Waals surface area (Å²) < 4.78 is 0.891. The first kappa shape index (κ1) is 14.4. The van der Waals surface area contributed by atoms with E-state index in [0.29, 0.717) is 17.9 Å². The lowest BCUT2D eigenvalue weighted by Crippen LogP contribution is -2.28. The van der Waals surface area contributed by atoms with Gasteiger partial charge >= 0.3 is 6.03 Å². The summed E-state index contributed by atoms with van der Waals surface area (Å²) in [5.74, 6) is 0. The maximum Gasteiger partial charge on any atom is 0.319 e. The molecule has 0 fully saturated rings. The first-order chi connectivity index (χ1) is 9.56. The van der Waals surface area contributed by atoms with Gasteiger partial charge < -0.3 is 16.4 Å². The zero-order chi connectivity index (χ0) is 14.5. The summed E-state index contributed by atoms with van der Waals surface area (Å²) in [4.78, 5) is 11.9. The van der Waals surface area contributed by atoms with Crippen LogP contribution in [0.2, 0.25) is 0 Å². The molecule has 0 spiro atoms. The van der Waals surface area contributed by atoms with E-state index in [0.717, 1.165) is 15.6 Å². The third-order valence-electron chi connectivity index (χ3n) is 2.87. The monoisotopic (exact) mass is 333 g/mol. The van der Waals surface area contributed by atoms with Crippen LogP contribution in [-0.4, -0.2) is 6.03 Å². The van der Waals surface area contributed by atoms with Crippen LogP contribution in [0, 0.1) is 6.92 Å². The van der Waals surface area contributed by atoms with Crippen LogP contribution in [-0.2, 0) is 6.54 Å². The number of carbonyl (C=O) groups excluding carboxylic acids is 1. The van der Waals surface area contributed by atoms with Gasteiger partial charge in [-0.1, -0.05) is 46.3 Å². The van der Waals surface area contributed by atoms with E-state index in [1.54, 1.807) is 6.07 Å². The molecule has 4 N–H and O–H groups in total. The number of urea groups is 1. The van der Waals surface area contributed by atoms with Crippen LogP contribution in [0.3, 0.4) is 0 Å². The Morgan fingerprint density at radius 3 is 2.60 bits per heavy atom. The zero-order valence-electron chi connectivity index (χ0n) is 11.1. The molecule has 20 heavy (non-hydrogen) atoms. The highest BCUT2D eigenvalue weighted by molar-refractivity contribution is 9.10. The minimum Gasteiger partial charge on any atom is -0.397 e. The van der Waals surface area contributed by atoms with Gasteiger partial charge in [0.05, 0.1) is 11.4 Å². The summed E-state index contributed by atoms with van der Waals surface area (Å²) in [5, 5.41) is 5.58. The first-order valence-corrected chi connectivity index (χ1v) is 7.00. The van der Waals surface area contributed by atoms with E-state index >= 15 is 0 Å². The van der Waals surface area contributed by atoms with E-state index in [9.17, 15) is 4.79 Å². The number of carbonyl (C=O) groups is 1. The molecule has 4 nitrogen and oxygen atoms in total. The highest BCUT2D eigenvalue weighted by atomic mass is 79.9. The predicted molar refractivity (Wildman–Crippen MR) is 85.6 cm³/mol. The van der Waals surface area contributed by atoms with Gasteiger partial charge in [0.15, 0.2) is 0 Å². The van der Waals surface area contributed by atoms with Gasteiger partial charge in [0.1, 0.15) is 0 Å². The number of anilines is 2. The Morgan fingerprint density at radius 1 is 1.25 bits per heavy atom. The van der Waals surface area contributed by atoms with Gasteiger partial charge in [-0.25, -0.2) is 4.79 Å². The fraction of sp³-hybridized carbons (Fsp3) is 0.133. The number of nitrogens with two attached hydrogens (primary N) is 1. The van der Waals surface area contributed by atoms with Crippen molar-refractivity contribution in [3.63, 3.8) is 0 Å². The normalized spacial score (nSPS) is 10.1. The molecule has 0 aliphatic heterocycles. The summed E-state index contributed by atoms with van der Waals surface area (Å²) in [6, 6.07) is 13.1. The smallest absolute Gasteiger partial charge is 0.319 e. The van der Waals surface area contributed by atoms with Gasteiger partial charge in [0, 0.05) is 11.0 Å². The molecule has 0 saturated carbocycles. The van der Waals surface area contributed by atoms with Crippen molar-refractivity contribution >= 4 is 33.3 Å². The number of amides is 2. The molecule has 0 atom stereocenters. The van der Waals surface area contributed by atoms with E-state index in [1.165, 1.54) is 0 Å². The molecule has 0 aliphatic rings. The molecule has 0 aliphatic carbocycles. The van der Waals surface area contributed by atoms with Crippen LogP contribution < -0.4 is 16.4 Å². The van der Waals surface area contributed by atoms with E-state index in [4.69, 9.17) is 5.73 Å². The average Bonchev–Trinajstić information content (AvgIpc) is 2.42. The van der Waals surface area contributed by atoms with Crippen molar-refractivity contribution in [2.24, 2.45) is 0 Å². The Bertz CT molecular complexity index is 591. The van der Waals surface area contributed by atoms with Crippen LogP contribution in [0.1, 0.15) is 11.1 Å². The molecule has 0 radical (unpaired) electrons. The Labute approximate surface area is 126 Å². The fourth-order valence-electron chi connectivity index (χ4n) is 1.88. The molecule has 0 bridgehead atoms. The van der Waals surface area contributed by atoms with Gasteiger partial charge in [-0.15, -0.1) is 0 Å². The lowest BCUT2D eigenvalue weighted by Gasteiger charge is -2.13. The predicted octanol–water partition coefficient (Wildman–Crippen LogP) is 3.66.